The molecule has 19 heteroatoms. The number of esters is 4. The average molecular weight is 1340 g/mol. The van der Waals surface area contributed by atoms with Crippen LogP contribution >= 0.6 is 15.6 Å². The van der Waals surface area contributed by atoms with Gasteiger partial charge in [0.2, 0.25) is 0 Å². The number of aliphatic hydroxyl groups excluding tert-OH is 1. The van der Waals surface area contributed by atoms with Crippen LogP contribution in [0.25, 0.3) is 0 Å². The van der Waals surface area contributed by atoms with Crippen molar-refractivity contribution in [1.82, 2.24) is 0 Å². The van der Waals surface area contributed by atoms with Gasteiger partial charge >= 0.3 is 39.5 Å². The summed E-state index contributed by atoms with van der Waals surface area (Å²) in [7, 11) is -9.90. The van der Waals surface area contributed by atoms with E-state index in [1.54, 1.807) is 0 Å². The highest BCUT2D eigenvalue weighted by molar-refractivity contribution is 7.47. The number of hydrogen-bond acceptors (Lipinski definition) is 15. The van der Waals surface area contributed by atoms with Gasteiger partial charge in [0.1, 0.15) is 19.3 Å². The highest BCUT2D eigenvalue weighted by atomic mass is 31.2. The summed E-state index contributed by atoms with van der Waals surface area (Å²) >= 11 is 0. The summed E-state index contributed by atoms with van der Waals surface area (Å²) in [6.07, 6.45) is 47.0. The molecule has 0 rings (SSSR count). The molecule has 0 saturated heterocycles. The van der Waals surface area contributed by atoms with Crippen molar-refractivity contribution in [3.63, 3.8) is 0 Å². The van der Waals surface area contributed by atoms with Crippen molar-refractivity contribution in [2.24, 2.45) is 17.8 Å². The molecule has 0 heterocycles. The lowest BCUT2D eigenvalue weighted by Crippen LogP contribution is -2.30. The Morgan fingerprint density at radius 1 is 0.319 bits per heavy atom. The van der Waals surface area contributed by atoms with Gasteiger partial charge in [-0.25, -0.2) is 9.13 Å². The molecule has 0 aliphatic carbocycles. The number of phosphoric ester groups is 2. The van der Waals surface area contributed by atoms with Crippen LogP contribution in [0.4, 0.5) is 0 Å². The minimum Gasteiger partial charge on any atom is -0.462 e. The third kappa shape index (κ3) is 65.1. The van der Waals surface area contributed by atoms with E-state index in [0.29, 0.717) is 25.7 Å². The largest absolute Gasteiger partial charge is 0.472 e. The predicted octanol–water partition coefficient (Wildman–Crippen LogP) is 20.6. The average Bonchev–Trinajstić information content (AvgIpc) is 3.62. The van der Waals surface area contributed by atoms with E-state index in [9.17, 15) is 43.2 Å². The number of aliphatic hydroxyl groups is 1. The van der Waals surface area contributed by atoms with Crippen LogP contribution in [0.5, 0.6) is 0 Å². The maximum absolute atomic E-state index is 13.0. The summed E-state index contributed by atoms with van der Waals surface area (Å²) in [5, 5.41) is 10.6. The van der Waals surface area contributed by atoms with Crippen molar-refractivity contribution >= 4 is 39.5 Å². The Kier molecular flexibility index (Phi) is 61.5. The molecule has 0 saturated carbocycles. The SMILES string of the molecule is CCCCCCCCCCCCC(=O)OC[C@H](COP(=O)(O)OC[C@H](O)COP(=O)(O)OC[C@@H](COC(=O)CCCCCCCCCCCCC(C)C)OC(=O)CCCCCCCCCCCCCCCC(C)C)OC(=O)CCCCCCCCCCC(C)CC. The number of carbonyl (C=O) groups excluding carboxylic acids is 4. The van der Waals surface area contributed by atoms with Crippen LogP contribution in [0.3, 0.4) is 0 Å². The summed E-state index contributed by atoms with van der Waals surface area (Å²) in [5.74, 6) is 0.191. The summed E-state index contributed by atoms with van der Waals surface area (Å²) in [6, 6.07) is 0. The van der Waals surface area contributed by atoms with Gasteiger partial charge in [0.05, 0.1) is 26.4 Å². The van der Waals surface area contributed by atoms with Crippen LogP contribution in [0, 0.1) is 17.8 Å². The molecule has 3 unspecified atom stereocenters. The van der Waals surface area contributed by atoms with Crippen LogP contribution < -0.4 is 0 Å². The number of rotatable bonds is 70. The number of hydrogen-bond donors (Lipinski definition) is 3. The molecular formula is C72H140O17P2. The van der Waals surface area contributed by atoms with E-state index in [4.69, 9.17) is 37.0 Å². The molecule has 17 nitrogen and oxygen atoms in total. The van der Waals surface area contributed by atoms with Gasteiger partial charge in [-0.15, -0.1) is 0 Å². The van der Waals surface area contributed by atoms with Crippen LogP contribution in [-0.4, -0.2) is 96.7 Å². The van der Waals surface area contributed by atoms with E-state index < -0.39 is 97.5 Å². The Balaban J connectivity index is 5.26. The van der Waals surface area contributed by atoms with Gasteiger partial charge in [-0.1, -0.05) is 312 Å². The van der Waals surface area contributed by atoms with Gasteiger partial charge in [0.15, 0.2) is 12.2 Å². The standard InChI is InChI=1S/C72H140O17P2/c1-8-10-11-12-13-14-24-32-39-46-53-69(74)82-60-68(89-72(77)56-49-42-35-28-27-31-38-45-52-65(7)9-2)62-87-91(80,81)85-58-66(73)57-84-90(78,79)86-61-67(59-83-70(75)54-47-40-33-25-21-20-23-30-37-44-51-64(5)6)88-71(76)55-48-41-34-26-19-17-15-16-18-22-29-36-43-50-63(3)4/h63-68,73H,8-62H2,1-7H3,(H,78,79)(H,80,81)/t65?,66-,67-,68-/m1/s1. The minimum atomic E-state index is -4.95. The van der Waals surface area contributed by atoms with Crippen LogP contribution in [0.15, 0.2) is 0 Å². The smallest absolute Gasteiger partial charge is 0.462 e. The molecule has 0 amide bonds. The molecule has 0 aromatic carbocycles. The molecule has 0 aromatic rings. The van der Waals surface area contributed by atoms with Gasteiger partial charge in [-0.05, 0) is 43.4 Å². The molecule has 0 spiro atoms. The van der Waals surface area contributed by atoms with Crippen molar-refractivity contribution in [1.29, 1.82) is 0 Å². The molecular weight excluding hydrogens is 1200 g/mol. The van der Waals surface area contributed by atoms with Gasteiger partial charge in [0.25, 0.3) is 0 Å². The normalized spacial score (nSPS) is 14.5. The molecule has 3 N–H and O–H groups in total. The summed E-state index contributed by atoms with van der Waals surface area (Å²) in [4.78, 5) is 72.6. The van der Waals surface area contributed by atoms with E-state index in [2.05, 4.69) is 48.5 Å². The van der Waals surface area contributed by atoms with Crippen LogP contribution in [0.1, 0.15) is 363 Å². The second-order valence-corrected chi connectivity index (χ2v) is 30.1. The van der Waals surface area contributed by atoms with E-state index in [1.807, 2.05) is 0 Å². The summed E-state index contributed by atoms with van der Waals surface area (Å²) in [5.41, 5.74) is 0. The third-order valence-electron chi connectivity index (χ3n) is 17.0. The zero-order valence-electron chi connectivity index (χ0n) is 59.3. The fourth-order valence-corrected chi connectivity index (χ4v) is 12.4. The number of phosphoric acid groups is 2. The number of unbranched alkanes of at least 4 members (excludes halogenated alkanes) is 37. The molecule has 0 aliphatic rings. The number of ether oxygens (including phenoxy) is 4. The molecule has 0 aromatic heterocycles. The first kappa shape index (κ1) is 89.1. The lowest BCUT2D eigenvalue weighted by atomic mass is 9.99. The fraction of sp³-hybridized carbons (Fsp3) is 0.944. The van der Waals surface area contributed by atoms with Gasteiger partial charge in [-0.3, -0.25) is 37.3 Å². The van der Waals surface area contributed by atoms with E-state index in [1.165, 1.54) is 173 Å². The Bertz CT molecular complexity index is 1790. The van der Waals surface area contributed by atoms with Crippen molar-refractivity contribution < 1.29 is 80.2 Å². The molecule has 0 bridgehead atoms. The maximum Gasteiger partial charge on any atom is 0.472 e. The summed E-state index contributed by atoms with van der Waals surface area (Å²) < 4.78 is 68.4. The summed E-state index contributed by atoms with van der Waals surface area (Å²) in [6.45, 7) is 11.9. The topological polar surface area (TPSA) is 237 Å². The van der Waals surface area contributed by atoms with Crippen molar-refractivity contribution in [2.45, 2.75) is 381 Å². The van der Waals surface area contributed by atoms with Gasteiger partial charge in [-0.2, -0.15) is 0 Å². The first-order valence-corrected chi connectivity index (χ1v) is 40.4. The maximum atomic E-state index is 13.0. The van der Waals surface area contributed by atoms with Crippen molar-refractivity contribution in [3.8, 4) is 0 Å². The lowest BCUT2D eigenvalue weighted by Gasteiger charge is -2.21. The molecule has 0 radical (unpaired) electrons. The molecule has 0 fully saturated rings. The second kappa shape index (κ2) is 62.8. The quantitative estimate of drug-likeness (QED) is 0.0222. The van der Waals surface area contributed by atoms with Gasteiger partial charge < -0.3 is 33.8 Å². The second-order valence-electron chi connectivity index (χ2n) is 27.2. The van der Waals surface area contributed by atoms with E-state index >= 15 is 0 Å². The van der Waals surface area contributed by atoms with Crippen LogP contribution in [-0.2, 0) is 65.4 Å². The molecule has 6 atom stereocenters. The first-order valence-electron chi connectivity index (χ1n) is 37.4. The Morgan fingerprint density at radius 3 is 0.835 bits per heavy atom. The lowest BCUT2D eigenvalue weighted by molar-refractivity contribution is -0.161. The highest BCUT2D eigenvalue weighted by Gasteiger charge is 2.30. The predicted molar refractivity (Wildman–Crippen MR) is 368 cm³/mol. The van der Waals surface area contributed by atoms with E-state index in [0.717, 1.165) is 108 Å². The Labute approximate surface area is 556 Å². The van der Waals surface area contributed by atoms with Crippen LogP contribution in [0.2, 0.25) is 0 Å². The highest BCUT2D eigenvalue weighted by Crippen LogP contribution is 2.45. The van der Waals surface area contributed by atoms with E-state index in [-0.39, 0.29) is 25.7 Å². The molecule has 91 heavy (non-hydrogen) atoms. The molecule has 540 valence electrons. The van der Waals surface area contributed by atoms with Crippen molar-refractivity contribution in [3.05, 3.63) is 0 Å². The van der Waals surface area contributed by atoms with Crippen molar-refractivity contribution in [2.75, 3.05) is 39.6 Å². The first-order chi connectivity index (χ1) is 43.8. The fourth-order valence-electron chi connectivity index (χ4n) is 10.9. The Hall–Kier alpha value is -1.94. The Morgan fingerprint density at radius 2 is 0.560 bits per heavy atom. The minimum absolute atomic E-state index is 0.105. The zero-order valence-corrected chi connectivity index (χ0v) is 61.1. The molecule has 0 aliphatic heterocycles. The van der Waals surface area contributed by atoms with Gasteiger partial charge in [0, 0.05) is 25.7 Å². The number of carbonyl (C=O) groups is 4. The third-order valence-corrected chi connectivity index (χ3v) is 18.9. The monoisotopic (exact) mass is 1340 g/mol. The zero-order chi connectivity index (χ0) is 67.3.